The second kappa shape index (κ2) is 10.6. The quantitative estimate of drug-likeness (QED) is 0.172. The van der Waals surface area contributed by atoms with Gasteiger partial charge in [0.25, 0.3) is 0 Å². The van der Waals surface area contributed by atoms with E-state index in [-0.39, 0.29) is 11.1 Å². The first-order valence-corrected chi connectivity index (χ1v) is 11.7. The van der Waals surface area contributed by atoms with E-state index in [1.54, 1.807) is 6.07 Å². The van der Waals surface area contributed by atoms with E-state index >= 15 is 0 Å². The number of hydrogen-bond acceptors (Lipinski definition) is 1. The highest BCUT2D eigenvalue weighted by Gasteiger charge is 2.34. The minimum Gasteiger partial charge on any atom is -0.399 e. The van der Waals surface area contributed by atoms with E-state index < -0.39 is 29.6 Å². The minimum absolute atomic E-state index is 0.149. The number of aryl methyl sites for hydroxylation is 1. The summed E-state index contributed by atoms with van der Waals surface area (Å²) in [5.41, 5.74) is 2.19. The third kappa shape index (κ3) is 6.01. The zero-order valence-electron chi connectivity index (χ0n) is 19.6. The lowest BCUT2D eigenvalue weighted by molar-refractivity contribution is -0.276. The van der Waals surface area contributed by atoms with Crippen LogP contribution in [0.5, 0.6) is 5.75 Å². The second-order valence-electron chi connectivity index (χ2n) is 8.72. The van der Waals surface area contributed by atoms with Crippen molar-refractivity contribution in [3.05, 3.63) is 89.7 Å². The van der Waals surface area contributed by atoms with Crippen molar-refractivity contribution in [2.75, 3.05) is 0 Å². The van der Waals surface area contributed by atoms with Crippen LogP contribution in [0.3, 0.4) is 0 Å². The molecule has 1 nitrogen and oxygen atoms in total. The second-order valence-corrected chi connectivity index (χ2v) is 8.72. The zero-order valence-corrected chi connectivity index (χ0v) is 19.6. The summed E-state index contributed by atoms with van der Waals surface area (Å²) >= 11 is 0. The van der Waals surface area contributed by atoms with Crippen molar-refractivity contribution in [2.24, 2.45) is 0 Å². The van der Waals surface area contributed by atoms with Gasteiger partial charge >= 0.3 is 6.36 Å². The summed E-state index contributed by atoms with van der Waals surface area (Å²) in [5, 5.41) is 2.08. The number of fused-ring (bicyclic) bond motifs is 1. The smallest absolute Gasteiger partial charge is 0.399 e. The molecule has 4 aromatic rings. The van der Waals surface area contributed by atoms with Crippen LogP contribution < -0.4 is 4.74 Å². The topological polar surface area (TPSA) is 9.23 Å². The summed E-state index contributed by atoms with van der Waals surface area (Å²) in [6, 6.07) is 17.5. The van der Waals surface area contributed by atoms with Crippen molar-refractivity contribution in [3.8, 4) is 28.0 Å². The van der Waals surface area contributed by atoms with Gasteiger partial charge in [-0.05, 0) is 70.1 Å². The Morgan fingerprint density at radius 1 is 0.639 bits per heavy atom. The number of alkyl halides is 3. The van der Waals surface area contributed by atoms with E-state index in [1.807, 2.05) is 24.3 Å². The molecule has 0 aliphatic rings. The highest BCUT2D eigenvalue weighted by atomic mass is 19.4. The molecular weight excluding hydrogens is 478 g/mol. The van der Waals surface area contributed by atoms with Crippen molar-refractivity contribution in [1.29, 1.82) is 0 Å². The third-order valence-electron chi connectivity index (χ3n) is 6.05. The van der Waals surface area contributed by atoms with Crippen molar-refractivity contribution in [3.63, 3.8) is 0 Å². The van der Waals surface area contributed by atoms with E-state index in [0.717, 1.165) is 29.2 Å². The monoisotopic (exact) mass is 502 g/mol. The third-order valence-corrected chi connectivity index (χ3v) is 6.05. The predicted molar refractivity (Wildman–Crippen MR) is 129 cm³/mol. The van der Waals surface area contributed by atoms with Gasteiger partial charge in [0.1, 0.15) is 5.82 Å². The number of halogens is 6. The molecule has 0 aliphatic heterocycles. The van der Waals surface area contributed by atoms with Crippen LogP contribution in [-0.4, -0.2) is 6.36 Å². The first-order valence-electron chi connectivity index (χ1n) is 11.7. The molecule has 0 bridgehead atoms. The average molecular weight is 502 g/mol. The molecule has 0 spiro atoms. The number of rotatable bonds is 8. The Morgan fingerprint density at radius 3 is 1.92 bits per heavy atom. The summed E-state index contributed by atoms with van der Waals surface area (Å²) in [4.78, 5) is 0. The predicted octanol–water partition coefficient (Wildman–Crippen LogP) is 9.61. The van der Waals surface area contributed by atoms with Crippen molar-refractivity contribution in [1.82, 2.24) is 0 Å². The van der Waals surface area contributed by atoms with Gasteiger partial charge < -0.3 is 4.74 Å². The summed E-state index contributed by atoms with van der Waals surface area (Å²) in [5.74, 6) is -5.50. The molecular formula is C29H24F6O. The Bertz CT molecular complexity index is 1350. The highest BCUT2D eigenvalue weighted by molar-refractivity contribution is 5.88. The number of hydrogen-bond donors (Lipinski definition) is 0. The van der Waals surface area contributed by atoms with Crippen LogP contribution in [0.2, 0.25) is 0 Å². The van der Waals surface area contributed by atoms with Crippen LogP contribution in [-0.2, 0) is 6.42 Å². The Labute approximate surface area is 205 Å². The van der Waals surface area contributed by atoms with E-state index in [4.69, 9.17) is 0 Å². The Morgan fingerprint density at radius 2 is 1.25 bits per heavy atom. The molecule has 0 radical (unpaired) electrons. The number of ether oxygens (including phenoxy) is 1. The lowest BCUT2D eigenvalue weighted by atomic mass is 9.96. The zero-order chi connectivity index (χ0) is 25.9. The summed E-state index contributed by atoms with van der Waals surface area (Å²) in [6.07, 6.45) is 0.544. The molecule has 0 saturated carbocycles. The fraction of sp³-hybridized carbons (Fsp3) is 0.241. The Hall–Kier alpha value is -3.48. The number of benzene rings is 4. The molecule has 0 N–H and O–H groups in total. The molecule has 0 amide bonds. The van der Waals surface area contributed by atoms with Gasteiger partial charge in [-0.2, -0.15) is 0 Å². The fourth-order valence-corrected chi connectivity index (χ4v) is 4.24. The van der Waals surface area contributed by atoms with Crippen LogP contribution in [0.15, 0.2) is 66.7 Å². The maximum Gasteiger partial charge on any atom is 0.573 e. The molecule has 0 atom stereocenters. The first kappa shape index (κ1) is 25.6. The highest BCUT2D eigenvalue weighted by Crippen LogP contribution is 2.35. The molecule has 0 heterocycles. The minimum atomic E-state index is -5.26. The van der Waals surface area contributed by atoms with Crippen LogP contribution in [0.1, 0.15) is 38.2 Å². The maximum atomic E-state index is 14.9. The van der Waals surface area contributed by atoms with Gasteiger partial charge in [-0.25, -0.2) is 13.2 Å². The van der Waals surface area contributed by atoms with Crippen LogP contribution in [0.4, 0.5) is 26.3 Å². The van der Waals surface area contributed by atoms with E-state index in [9.17, 15) is 26.3 Å². The average Bonchev–Trinajstić information content (AvgIpc) is 2.83. The molecule has 4 rings (SSSR count). The molecule has 0 aliphatic carbocycles. The van der Waals surface area contributed by atoms with Crippen LogP contribution >= 0.6 is 0 Å². The lowest BCUT2D eigenvalue weighted by Crippen LogP contribution is -2.19. The van der Waals surface area contributed by atoms with E-state index in [1.165, 1.54) is 37.0 Å². The molecule has 0 fully saturated rings. The molecule has 36 heavy (non-hydrogen) atoms. The van der Waals surface area contributed by atoms with Gasteiger partial charge in [-0.1, -0.05) is 68.7 Å². The van der Waals surface area contributed by atoms with Crippen LogP contribution in [0, 0.1) is 17.5 Å². The maximum absolute atomic E-state index is 14.9. The van der Waals surface area contributed by atoms with Gasteiger partial charge in [-0.3, -0.25) is 0 Å². The van der Waals surface area contributed by atoms with Gasteiger partial charge in [0.2, 0.25) is 5.75 Å². The number of unbranched alkanes of at least 4 members (excludes halogenated alkanes) is 3. The Kier molecular flexibility index (Phi) is 7.57. The molecule has 7 heteroatoms. The van der Waals surface area contributed by atoms with Crippen molar-refractivity contribution >= 4 is 10.8 Å². The van der Waals surface area contributed by atoms with Gasteiger partial charge in [0, 0.05) is 5.56 Å². The SMILES string of the molecule is CCCCCCc1ccc2cc(-c3ccc(-c4cc(F)c(OC(F)(F)F)c(F)c4)c(F)c3)ccc2c1. The molecule has 4 aromatic carbocycles. The first-order chi connectivity index (χ1) is 17.1. The normalized spacial score (nSPS) is 11.8. The van der Waals surface area contributed by atoms with E-state index in [0.29, 0.717) is 17.7 Å². The summed E-state index contributed by atoms with van der Waals surface area (Å²) in [6.45, 7) is 2.18. The van der Waals surface area contributed by atoms with Crippen molar-refractivity contribution in [2.45, 2.75) is 45.4 Å². The summed E-state index contributed by atoms with van der Waals surface area (Å²) in [7, 11) is 0. The van der Waals surface area contributed by atoms with Gasteiger partial charge in [0.15, 0.2) is 11.6 Å². The fourth-order valence-electron chi connectivity index (χ4n) is 4.24. The largest absolute Gasteiger partial charge is 0.573 e. The molecule has 0 unspecified atom stereocenters. The van der Waals surface area contributed by atoms with Gasteiger partial charge in [-0.15, -0.1) is 13.2 Å². The lowest BCUT2D eigenvalue weighted by Gasteiger charge is -2.13. The van der Waals surface area contributed by atoms with Gasteiger partial charge in [0.05, 0.1) is 0 Å². The molecule has 0 aromatic heterocycles. The summed E-state index contributed by atoms with van der Waals surface area (Å²) < 4.78 is 83.6. The standard InChI is InChI=1S/C29H24F6O/c1-2-3-4-5-6-18-7-8-20-14-21(10-9-19(20)13-18)22-11-12-24(25(30)15-22)23-16-26(31)28(27(32)17-23)36-29(33,34)35/h7-17H,2-6H2,1H3. The van der Waals surface area contributed by atoms with Crippen molar-refractivity contribution < 1.29 is 31.1 Å². The van der Waals surface area contributed by atoms with Crippen LogP contribution in [0.25, 0.3) is 33.0 Å². The molecule has 0 saturated heterocycles. The molecule has 188 valence electrons. The Balaban J connectivity index is 1.57. The van der Waals surface area contributed by atoms with E-state index in [2.05, 4.69) is 23.8 Å².